The van der Waals surface area contributed by atoms with Crippen LogP contribution in [0.1, 0.15) is 73.3 Å². The summed E-state index contributed by atoms with van der Waals surface area (Å²) < 4.78 is 10.4. The predicted octanol–water partition coefficient (Wildman–Crippen LogP) is 5.98. The molecule has 1 saturated carbocycles. The van der Waals surface area contributed by atoms with Crippen LogP contribution in [0.25, 0.3) is 10.9 Å². The molecule has 0 saturated heterocycles. The molecule has 2 N–H and O–H groups in total. The molecule has 0 spiro atoms. The van der Waals surface area contributed by atoms with E-state index in [-0.39, 0.29) is 11.6 Å². The largest absolute Gasteiger partial charge is 0.488 e. The number of nitrogens with zero attached hydrogens (tertiary/aromatic N) is 1. The average molecular weight is 472 g/mol. The second kappa shape index (κ2) is 12.9. The van der Waals surface area contributed by atoms with E-state index >= 15 is 0 Å². The van der Waals surface area contributed by atoms with Gasteiger partial charge in [-0.2, -0.15) is 0 Å². The van der Waals surface area contributed by atoms with Crippen LogP contribution in [-0.2, 0) is 16.0 Å². The van der Waals surface area contributed by atoms with Gasteiger partial charge in [-0.1, -0.05) is 33.3 Å². The van der Waals surface area contributed by atoms with Gasteiger partial charge in [-0.25, -0.2) is 0 Å². The molecule has 34 heavy (non-hydrogen) atoms. The number of esters is 1. The van der Waals surface area contributed by atoms with Gasteiger partial charge in [-0.3, -0.25) is 9.78 Å². The summed E-state index contributed by atoms with van der Waals surface area (Å²) >= 11 is 0. The number of carbonyl (C=O) groups excluding carboxylic acids is 1. The standard InChI is InChI=1S/C13H14N2O.C9H19N.C6H12O2/c1-2-9-3-4-11-10(7-9)13-12(8-15-11)16-6-5-14-13;1-7-4-5-8(2)9(6-7)10-3;1-5(7)8-6(2,3)4/h3-4,7-8,14H,2,5-6H2,1H3;7-10H,4-6H2,1-3H3;1-4H3/t;7-,8-,9?;/m.0./s1. The van der Waals surface area contributed by atoms with Crippen molar-refractivity contribution in [1.82, 2.24) is 10.3 Å². The Hall–Kier alpha value is -2.34. The number of ether oxygens (including phenoxy) is 2. The maximum absolute atomic E-state index is 10.2. The molecule has 190 valence electrons. The molecule has 6 heteroatoms. The first kappa shape index (κ1) is 27.9. The fourth-order valence-electron chi connectivity index (χ4n) is 4.44. The number of rotatable bonds is 2. The van der Waals surface area contributed by atoms with Gasteiger partial charge in [0.05, 0.1) is 17.4 Å². The summed E-state index contributed by atoms with van der Waals surface area (Å²) in [6.07, 6.45) is 7.06. The molecule has 6 nitrogen and oxygen atoms in total. The summed E-state index contributed by atoms with van der Waals surface area (Å²) in [7, 11) is 2.08. The van der Waals surface area contributed by atoms with E-state index in [1.54, 1.807) is 6.20 Å². The minimum absolute atomic E-state index is 0.225. The van der Waals surface area contributed by atoms with E-state index in [0.717, 1.165) is 53.2 Å². The summed E-state index contributed by atoms with van der Waals surface area (Å²) in [6, 6.07) is 7.18. The molecular formula is C28H45N3O3. The fourth-order valence-corrected chi connectivity index (χ4v) is 4.44. The maximum Gasteiger partial charge on any atom is 0.303 e. The third-order valence-corrected chi connectivity index (χ3v) is 6.25. The van der Waals surface area contributed by atoms with Gasteiger partial charge >= 0.3 is 5.97 Å². The normalized spacial score (nSPS) is 21.5. The van der Waals surface area contributed by atoms with E-state index in [9.17, 15) is 4.79 Å². The van der Waals surface area contributed by atoms with Crippen LogP contribution in [0.15, 0.2) is 24.4 Å². The van der Waals surface area contributed by atoms with Crippen molar-refractivity contribution >= 4 is 22.6 Å². The van der Waals surface area contributed by atoms with Crippen LogP contribution in [0.5, 0.6) is 5.75 Å². The second-order valence-electron chi connectivity index (χ2n) is 10.5. The molecule has 1 aliphatic carbocycles. The number of hydrogen-bond acceptors (Lipinski definition) is 6. The lowest BCUT2D eigenvalue weighted by molar-refractivity contribution is -0.151. The van der Waals surface area contributed by atoms with E-state index in [1.807, 2.05) is 20.8 Å². The lowest BCUT2D eigenvalue weighted by Gasteiger charge is -2.32. The zero-order valence-corrected chi connectivity index (χ0v) is 22.5. The number of carbonyl (C=O) groups is 1. The molecular weight excluding hydrogens is 426 g/mol. The van der Waals surface area contributed by atoms with Crippen molar-refractivity contribution in [3.05, 3.63) is 30.0 Å². The summed E-state index contributed by atoms with van der Waals surface area (Å²) in [5.41, 5.74) is 3.11. The third-order valence-electron chi connectivity index (χ3n) is 6.25. The highest BCUT2D eigenvalue weighted by molar-refractivity contribution is 5.95. The van der Waals surface area contributed by atoms with Crippen LogP contribution in [0, 0.1) is 11.8 Å². The molecule has 3 atom stereocenters. The molecule has 2 aromatic rings. The van der Waals surface area contributed by atoms with E-state index in [4.69, 9.17) is 9.47 Å². The van der Waals surface area contributed by atoms with Gasteiger partial charge in [0.15, 0.2) is 5.75 Å². The van der Waals surface area contributed by atoms with E-state index in [2.05, 4.69) is 61.6 Å². The highest BCUT2D eigenvalue weighted by Gasteiger charge is 2.23. The number of pyridine rings is 1. The molecule has 0 radical (unpaired) electrons. The van der Waals surface area contributed by atoms with Gasteiger partial charge in [0.1, 0.15) is 12.2 Å². The maximum atomic E-state index is 10.2. The highest BCUT2D eigenvalue weighted by atomic mass is 16.6. The molecule has 1 aliphatic heterocycles. The zero-order chi connectivity index (χ0) is 25.3. The Morgan fingerprint density at radius 2 is 2.00 bits per heavy atom. The Morgan fingerprint density at radius 3 is 2.56 bits per heavy atom. The molecule has 2 heterocycles. The molecule has 4 rings (SSSR count). The summed E-state index contributed by atoms with van der Waals surface area (Å²) in [6.45, 7) is 15.4. The monoisotopic (exact) mass is 471 g/mol. The van der Waals surface area contributed by atoms with Crippen LogP contribution in [0.3, 0.4) is 0 Å². The Balaban J connectivity index is 0.000000197. The van der Waals surface area contributed by atoms with Gasteiger partial charge in [0.25, 0.3) is 0 Å². The number of aromatic nitrogens is 1. The van der Waals surface area contributed by atoms with Crippen LogP contribution in [0.4, 0.5) is 5.69 Å². The van der Waals surface area contributed by atoms with Crippen molar-refractivity contribution in [1.29, 1.82) is 0 Å². The van der Waals surface area contributed by atoms with E-state index < -0.39 is 0 Å². The minimum Gasteiger partial charge on any atom is -0.488 e. The first-order chi connectivity index (χ1) is 16.0. The summed E-state index contributed by atoms with van der Waals surface area (Å²) in [4.78, 5) is 14.6. The van der Waals surface area contributed by atoms with Crippen molar-refractivity contribution < 1.29 is 14.3 Å². The van der Waals surface area contributed by atoms with Gasteiger partial charge in [0.2, 0.25) is 0 Å². The Bertz CT molecular complexity index is 918. The number of nitrogens with one attached hydrogen (secondary N) is 2. The number of hydrogen-bond donors (Lipinski definition) is 2. The lowest BCUT2D eigenvalue weighted by atomic mass is 9.80. The highest BCUT2D eigenvalue weighted by Crippen LogP contribution is 2.34. The molecule has 1 aromatic heterocycles. The number of benzene rings is 1. The van der Waals surface area contributed by atoms with Crippen LogP contribution in [-0.4, -0.2) is 42.8 Å². The first-order valence-electron chi connectivity index (χ1n) is 12.7. The van der Waals surface area contributed by atoms with E-state index in [1.165, 1.54) is 31.7 Å². The Labute approximate surface area is 206 Å². The molecule has 1 aromatic carbocycles. The van der Waals surface area contributed by atoms with Crippen molar-refractivity contribution in [2.75, 3.05) is 25.5 Å². The van der Waals surface area contributed by atoms with Crippen molar-refractivity contribution in [3.8, 4) is 5.75 Å². The zero-order valence-electron chi connectivity index (χ0n) is 22.5. The van der Waals surface area contributed by atoms with E-state index in [0.29, 0.717) is 6.61 Å². The average Bonchev–Trinajstić information content (AvgIpc) is 2.79. The molecule has 0 amide bonds. The predicted molar refractivity (Wildman–Crippen MR) is 142 cm³/mol. The molecule has 1 unspecified atom stereocenters. The Kier molecular flexibility index (Phi) is 10.6. The molecule has 1 fully saturated rings. The van der Waals surface area contributed by atoms with Crippen molar-refractivity contribution in [2.24, 2.45) is 11.8 Å². The third kappa shape index (κ3) is 8.79. The Morgan fingerprint density at radius 1 is 1.26 bits per heavy atom. The second-order valence-corrected chi connectivity index (χ2v) is 10.5. The summed E-state index contributed by atoms with van der Waals surface area (Å²) in [5.74, 6) is 2.47. The minimum atomic E-state index is -0.328. The first-order valence-corrected chi connectivity index (χ1v) is 12.7. The number of anilines is 1. The fraction of sp³-hybridized carbons (Fsp3) is 0.643. The van der Waals surface area contributed by atoms with Crippen molar-refractivity contribution in [3.63, 3.8) is 0 Å². The van der Waals surface area contributed by atoms with Gasteiger partial charge < -0.3 is 20.1 Å². The van der Waals surface area contributed by atoms with Gasteiger partial charge in [-0.15, -0.1) is 0 Å². The number of fused-ring (bicyclic) bond motifs is 3. The van der Waals surface area contributed by atoms with Crippen LogP contribution < -0.4 is 15.4 Å². The smallest absolute Gasteiger partial charge is 0.303 e. The number of aryl methyl sites for hydroxylation is 1. The quantitative estimate of drug-likeness (QED) is 0.525. The van der Waals surface area contributed by atoms with Crippen molar-refractivity contribution in [2.45, 2.75) is 85.8 Å². The van der Waals surface area contributed by atoms with Gasteiger partial charge in [0, 0.05) is 24.9 Å². The molecule has 2 aliphatic rings. The lowest BCUT2D eigenvalue weighted by Crippen LogP contribution is -2.37. The van der Waals surface area contributed by atoms with Gasteiger partial charge in [-0.05, 0) is 76.6 Å². The molecule has 0 bridgehead atoms. The topological polar surface area (TPSA) is 72.5 Å². The van der Waals surface area contributed by atoms with Crippen LogP contribution >= 0.6 is 0 Å². The van der Waals surface area contributed by atoms with Crippen LogP contribution in [0.2, 0.25) is 0 Å². The summed E-state index contributed by atoms with van der Waals surface area (Å²) in [5, 5.41) is 7.94. The SMILES string of the molecule is CC(=O)OC(C)(C)C.CCc1ccc2ncc3c(c2c1)NCCO3.CNC1C[C@@H](C)CC[C@@H]1C.